The van der Waals surface area contributed by atoms with Crippen LogP contribution in [0, 0.1) is 0 Å². The van der Waals surface area contributed by atoms with Crippen molar-refractivity contribution in [2.24, 2.45) is 0 Å². The van der Waals surface area contributed by atoms with Crippen LogP contribution in [-0.2, 0) is 15.1 Å². The molecule has 20 heavy (non-hydrogen) atoms. The quantitative estimate of drug-likeness (QED) is 0.864. The number of methoxy groups -OCH3 is 1. The molecule has 2 atom stereocenters. The second-order valence-corrected chi connectivity index (χ2v) is 4.69. The first kappa shape index (κ1) is 14.5. The maximum atomic E-state index is 11.3. The van der Waals surface area contributed by atoms with Crippen LogP contribution in [0.1, 0.15) is 18.4 Å². The summed E-state index contributed by atoms with van der Waals surface area (Å²) in [7, 11) is 1.42. The minimum Gasteiger partial charge on any atom is -0.479 e. The smallest absolute Gasteiger partial charge is 0.336 e. The van der Waals surface area contributed by atoms with E-state index in [2.05, 4.69) is 0 Å². The van der Waals surface area contributed by atoms with E-state index in [1.807, 2.05) is 24.3 Å². The van der Waals surface area contributed by atoms with Gasteiger partial charge in [0.1, 0.15) is 0 Å². The van der Waals surface area contributed by atoms with Crippen molar-refractivity contribution >= 4 is 5.97 Å². The molecule has 0 radical (unpaired) electrons. The van der Waals surface area contributed by atoms with Crippen LogP contribution in [0.4, 0.5) is 0 Å². The predicted octanol–water partition coefficient (Wildman–Crippen LogP) is 2.25. The van der Waals surface area contributed by atoms with Gasteiger partial charge in [-0.25, -0.2) is 4.79 Å². The topological polar surface area (TPSA) is 66.8 Å². The summed E-state index contributed by atoms with van der Waals surface area (Å²) in [6, 6.07) is 8.95. The largest absolute Gasteiger partial charge is 0.479 e. The monoisotopic (exact) mass is 274 g/mol. The van der Waals surface area contributed by atoms with Crippen LogP contribution in [0.3, 0.4) is 0 Å². The zero-order valence-electron chi connectivity index (χ0n) is 11.3. The SMILES string of the molecule is COC(C1=CCCC=C1)(c1ccccc1)C(O)C(=O)O. The molecule has 1 aromatic carbocycles. The highest BCUT2D eigenvalue weighted by Crippen LogP contribution is 2.39. The van der Waals surface area contributed by atoms with E-state index >= 15 is 0 Å². The van der Waals surface area contributed by atoms with Crippen molar-refractivity contribution < 1.29 is 19.7 Å². The number of benzene rings is 1. The number of hydrogen-bond acceptors (Lipinski definition) is 3. The number of carboxylic acids is 1. The van der Waals surface area contributed by atoms with Crippen LogP contribution >= 0.6 is 0 Å². The number of aliphatic hydroxyl groups excluding tert-OH is 1. The molecule has 2 N–H and O–H groups in total. The van der Waals surface area contributed by atoms with Gasteiger partial charge in [0.05, 0.1) is 0 Å². The third-order valence-corrected chi connectivity index (χ3v) is 3.57. The van der Waals surface area contributed by atoms with E-state index in [9.17, 15) is 15.0 Å². The Kier molecular flexibility index (Phi) is 4.37. The molecular formula is C16H18O4. The molecule has 4 heteroatoms. The predicted molar refractivity (Wildman–Crippen MR) is 75.2 cm³/mol. The van der Waals surface area contributed by atoms with Crippen molar-refractivity contribution in [3.63, 3.8) is 0 Å². The van der Waals surface area contributed by atoms with Crippen molar-refractivity contribution in [1.29, 1.82) is 0 Å². The summed E-state index contributed by atoms with van der Waals surface area (Å²) in [5.74, 6) is -1.31. The Hall–Kier alpha value is -1.91. The highest BCUT2D eigenvalue weighted by Gasteiger charge is 2.46. The molecular weight excluding hydrogens is 256 g/mol. The molecule has 4 nitrogen and oxygen atoms in total. The molecule has 0 spiro atoms. The van der Waals surface area contributed by atoms with Crippen LogP contribution in [-0.4, -0.2) is 29.4 Å². The molecule has 1 aliphatic rings. The van der Waals surface area contributed by atoms with E-state index in [0.29, 0.717) is 11.1 Å². The summed E-state index contributed by atoms with van der Waals surface area (Å²) >= 11 is 0. The Morgan fingerprint density at radius 2 is 2.00 bits per heavy atom. The molecule has 0 fully saturated rings. The van der Waals surface area contributed by atoms with Crippen LogP contribution in [0.25, 0.3) is 0 Å². The van der Waals surface area contributed by atoms with Gasteiger partial charge in [0.25, 0.3) is 0 Å². The first-order chi connectivity index (χ1) is 9.63. The molecule has 0 aliphatic heterocycles. The van der Waals surface area contributed by atoms with E-state index in [4.69, 9.17) is 4.74 Å². The molecule has 0 heterocycles. The van der Waals surface area contributed by atoms with Crippen LogP contribution in [0.2, 0.25) is 0 Å². The van der Waals surface area contributed by atoms with E-state index < -0.39 is 17.7 Å². The van der Waals surface area contributed by atoms with Gasteiger partial charge >= 0.3 is 5.97 Å². The maximum Gasteiger partial charge on any atom is 0.336 e. The zero-order chi connectivity index (χ0) is 14.6. The van der Waals surface area contributed by atoms with Crippen molar-refractivity contribution in [1.82, 2.24) is 0 Å². The van der Waals surface area contributed by atoms with Gasteiger partial charge in [-0.3, -0.25) is 0 Å². The average molecular weight is 274 g/mol. The van der Waals surface area contributed by atoms with Gasteiger partial charge in [0, 0.05) is 7.11 Å². The van der Waals surface area contributed by atoms with Gasteiger partial charge in [0.2, 0.25) is 0 Å². The highest BCUT2D eigenvalue weighted by atomic mass is 16.5. The molecule has 1 aliphatic carbocycles. The number of ether oxygens (including phenoxy) is 1. The normalized spacial score (nSPS) is 19.0. The lowest BCUT2D eigenvalue weighted by molar-refractivity contribution is -0.163. The second-order valence-electron chi connectivity index (χ2n) is 4.69. The second kappa shape index (κ2) is 6.03. The first-order valence-electron chi connectivity index (χ1n) is 6.51. The van der Waals surface area contributed by atoms with Crippen LogP contribution in [0.5, 0.6) is 0 Å². The number of hydrogen-bond donors (Lipinski definition) is 2. The van der Waals surface area contributed by atoms with Crippen molar-refractivity contribution in [2.75, 3.05) is 7.11 Å². The summed E-state index contributed by atoms with van der Waals surface area (Å²) in [6.45, 7) is 0. The van der Waals surface area contributed by atoms with E-state index in [1.54, 1.807) is 24.3 Å². The minimum atomic E-state index is -1.68. The molecule has 0 saturated heterocycles. The maximum absolute atomic E-state index is 11.3. The molecule has 2 rings (SSSR count). The van der Waals surface area contributed by atoms with E-state index in [1.165, 1.54) is 7.11 Å². The molecule has 106 valence electrons. The van der Waals surface area contributed by atoms with Gasteiger partial charge in [-0.05, 0) is 24.0 Å². The van der Waals surface area contributed by atoms with Gasteiger partial charge in [0.15, 0.2) is 11.7 Å². The number of carbonyl (C=O) groups is 1. The zero-order valence-corrected chi connectivity index (χ0v) is 11.3. The molecule has 0 amide bonds. The summed E-state index contributed by atoms with van der Waals surface area (Å²) < 4.78 is 5.54. The summed E-state index contributed by atoms with van der Waals surface area (Å²) in [5.41, 5.74) is -0.0909. The minimum absolute atomic E-state index is 0.621. The lowest BCUT2D eigenvalue weighted by atomic mass is 9.79. The number of aliphatic carboxylic acids is 1. The third kappa shape index (κ3) is 2.40. The molecule has 2 unspecified atom stereocenters. The lowest BCUT2D eigenvalue weighted by Crippen LogP contribution is -2.47. The van der Waals surface area contributed by atoms with Gasteiger partial charge in [-0.1, -0.05) is 48.6 Å². The fourth-order valence-electron chi connectivity index (χ4n) is 2.58. The number of allylic oxidation sites excluding steroid dienone is 2. The van der Waals surface area contributed by atoms with Gasteiger partial charge < -0.3 is 14.9 Å². The number of rotatable bonds is 5. The van der Waals surface area contributed by atoms with Crippen LogP contribution < -0.4 is 0 Å². The lowest BCUT2D eigenvalue weighted by Gasteiger charge is -2.37. The van der Waals surface area contributed by atoms with Crippen molar-refractivity contribution in [2.45, 2.75) is 24.5 Å². The molecule has 0 aromatic heterocycles. The van der Waals surface area contributed by atoms with E-state index in [0.717, 1.165) is 12.8 Å². The molecule has 0 saturated carbocycles. The summed E-state index contributed by atoms with van der Waals surface area (Å²) in [6.07, 6.45) is 5.73. The summed E-state index contributed by atoms with van der Waals surface area (Å²) in [4.78, 5) is 11.3. The van der Waals surface area contributed by atoms with Crippen molar-refractivity contribution in [3.05, 3.63) is 59.7 Å². The number of carboxylic acid groups (broad SMARTS) is 1. The van der Waals surface area contributed by atoms with Gasteiger partial charge in [-0.2, -0.15) is 0 Å². The van der Waals surface area contributed by atoms with Crippen LogP contribution in [0.15, 0.2) is 54.1 Å². The summed E-state index contributed by atoms with van der Waals surface area (Å²) in [5, 5.41) is 19.5. The first-order valence-corrected chi connectivity index (χ1v) is 6.51. The average Bonchev–Trinajstić information content (AvgIpc) is 2.50. The van der Waals surface area contributed by atoms with Gasteiger partial charge in [-0.15, -0.1) is 0 Å². The third-order valence-electron chi connectivity index (χ3n) is 3.57. The van der Waals surface area contributed by atoms with Crippen molar-refractivity contribution in [3.8, 4) is 0 Å². The highest BCUT2D eigenvalue weighted by molar-refractivity contribution is 5.76. The standard InChI is InChI=1S/C16H18O4/c1-20-16(14(17)15(18)19,12-8-4-2-5-9-12)13-10-6-3-7-11-13/h2,4-6,8-11,14,17H,3,7H2,1H3,(H,18,19). The fraction of sp³-hybridized carbons (Fsp3) is 0.312. The fourth-order valence-corrected chi connectivity index (χ4v) is 2.58. The Morgan fingerprint density at radius 3 is 2.50 bits per heavy atom. The Bertz CT molecular complexity index is 533. The molecule has 1 aromatic rings. The Morgan fingerprint density at radius 1 is 1.30 bits per heavy atom. The Balaban J connectivity index is 2.60. The Labute approximate surface area is 118 Å². The number of aliphatic hydroxyl groups is 1. The van der Waals surface area contributed by atoms with E-state index in [-0.39, 0.29) is 0 Å². The molecule has 0 bridgehead atoms.